The van der Waals surface area contributed by atoms with Gasteiger partial charge in [-0.25, -0.2) is 13.8 Å². The standard InChI is InChI=1S/C34H35F2N7O4S/c1-6-29(44)42-19-23-16-26(40-43(23)18-20(42)2)33-31(30-25(36)14-22(35)15-27(30)46-11-10-45-5)34-24(7-12-48-34)32(38-33)21-13-28(39-37-17-21)47-9-8-41(3)4/h6-7,12-17,20H,1,8-11,18-19H2,2-5H3/t20-/m1/s1. The molecule has 0 bridgehead atoms. The van der Waals surface area contributed by atoms with E-state index in [0.717, 1.165) is 23.2 Å². The van der Waals surface area contributed by atoms with Gasteiger partial charge in [-0.15, -0.1) is 16.4 Å². The van der Waals surface area contributed by atoms with Gasteiger partial charge >= 0.3 is 0 Å². The lowest BCUT2D eigenvalue weighted by Gasteiger charge is -2.33. The van der Waals surface area contributed by atoms with E-state index >= 15 is 4.39 Å². The van der Waals surface area contributed by atoms with Crippen LogP contribution in [0.3, 0.4) is 0 Å². The number of nitrogens with zero attached hydrogens (tertiary/aromatic N) is 7. The Morgan fingerprint density at radius 1 is 1.12 bits per heavy atom. The third-order valence-electron chi connectivity index (χ3n) is 7.98. The van der Waals surface area contributed by atoms with E-state index in [1.807, 2.05) is 48.1 Å². The first-order valence-corrected chi connectivity index (χ1v) is 16.2. The van der Waals surface area contributed by atoms with E-state index < -0.39 is 11.6 Å². The summed E-state index contributed by atoms with van der Waals surface area (Å²) in [6, 6.07) is 7.36. The number of methoxy groups -OCH3 is 1. The molecule has 250 valence electrons. The van der Waals surface area contributed by atoms with Gasteiger partial charge in [0.25, 0.3) is 0 Å². The molecule has 6 rings (SSSR count). The maximum Gasteiger partial charge on any atom is 0.246 e. The van der Waals surface area contributed by atoms with Crippen LogP contribution in [0.5, 0.6) is 11.6 Å². The Kier molecular flexibility index (Phi) is 9.76. The largest absolute Gasteiger partial charge is 0.490 e. The molecule has 0 fully saturated rings. The number of fused-ring (bicyclic) bond motifs is 2. The van der Waals surface area contributed by atoms with Crippen LogP contribution in [0.15, 0.2) is 54.6 Å². The zero-order chi connectivity index (χ0) is 33.9. The van der Waals surface area contributed by atoms with Crippen molar-refractivity contribution in [2.75, 3.05) is 47.6 Å². The van der Waals surface area contributed by atoms with Gasteiger partial charge in [-0.05, 0) is 44.6 Å². The van der Waals surface area contributed by atoms with Gasteiger partial charge < -0.3 is 24.0 Å². The minimum atomic E-state index is -0.810. The molecule has 11 nitrogen and oxygen atoms in total. The monoisotopic (exact) mass is 675 g/mol. The number of aromatic nitrogens is 5. The van der Waals surface area contributed by atoms with Crippen molar-refractivity contribution < 1.29 is 27.8 Å². The Labute approximate surface area is 280 Å². The summed E-state index contributed by atoms with van der Waals surface area (Å²) in [5.41, 5.74) is 3.23. The topological polar surface area (TPSA) is 108 Å². The average molecular weight is 676 g/mol. The number of amides is 1. The van der Waals surface area contributed by atoms with Gasteiger partial charge in [-0.2, -0.15) is 10.2 Å². The summed E-state index contributed by atoms with van der Waals surface area (Å²) in [6.45, 7) is 7.72. The lowest BCUT2D eigenvalue weighted by atomic mass is 9.96. The van der Waals surface area contributed by atoms with E-state index in [0.29, 0.717) is 65.0 Å². The third kappa shape index (κ3) is 6.64. The summed E-state index contributed by atoms with van der Waals surface area (Å²) in [4.78, 5) is 21.5. The SMILES string of the molecule is C=CC(=O)N1Cc2cc(-c3nc(-c4cnnc(OCCN(C)C)c4)c4ccsc4c3-c3c(F)cc(F)cc3OCCOC)nn2C[C@H]1C. The van der Waals surface area contributed by atoms with Crippen LogP contribution in [0.2, 0.25) is 0 Å². The molecule has 1 aliphatic heterocycles. The van der Waals surface area contributed by atoms with Crippen LogP contribution in [0.25, 0.3) is 43.9 Å². The summed E-state index contributed by atoms with van der Waals surface area (Å²) >= 11 is 1.39. The second-order valence-corrected chi connectivity index (χ2v) is 12.5. The van der Waals surface area contributed by atoms with Crippen molar-refractivity contribution in [3.63, 3.8) is 0 Å². The Morgan fingerprint density at radius 3 is 2.73 bits per heavy atom. The van der Waals surface area contributed by atoms with E-state index in [-0.39, 0.29) is 36.5 Å². The number of thiophene rings is 1. The van der Waals surface area contributed by atoms with Crippen LogP contribution in [0.1, 0.15) is 12.6 Å². The number of hydrogen-bond acceptors (Lipinski definition) is 10. The molecule has 4 aromatic heterocycles. The Morgan fingerprint density at radius 2 is 1.96 bits per heavy atom. The number of halogens is 2. The smallest absolute Gasteiger partial charge is 0.246 e. The van der Waals surface area contributed by atoms with Gasteiger partial charge in [0.05, 0.1) is 42.8 Å². The molecule has 0 saturated carbocycles. The Hall–Kier alpha value is -4.79. The zero-order valence-electron chi connectivity index (χ0n) is 27.1. The molecule has 0 spiro atoms. The Balaban J connectivity index is 1.57. The molecule has 1 aromatic carbocycles. The lowest BCUT2D eigenvalue weighted by Crippen LogP contribution is -2.44. The van der Waals surface area contributed by atoms with Crippen molar-refractivity contribution in [3.8, 4) is 45.4 Å². The molecular formula is C34H35F2N7O4S. The number of benzene rings is 1. The first-order chi connectivity index (χ1) is 23.2. The number of hydrogen-bond donors (Lipinski definition) is 0. The van der Waals surface area contributed by atoms with Crippen molar-refractivity contribution in [2.45, 2.75) is 26.1 Å². The fourth-order valence-corrected chi connectivity index (χ4v) is 6.58. The maximum absolute atomic E-state index is 16.1. The van der Waals surface area contributed by atoms with E-state index in [1.54, 1.807) is 17.2 Å². The van der Waals surface area contributed by atoms with Crippen molar-refractivity contribution in [2.24, 2.45) is 0 Å². The molecule has 0 aliphatic carbocycles. The number of likely N-dealkylation sites (N-methyl/N-ethyl adjacent to an activating group) is 1. The zero-order valence-corrected chi connectivity index (χ0v) is 27.9. The summed E-state index contributed by atoms with van der Waals surface area (Å²) < 4.78 is 50.1. The molecule has 0 N–H and O–H groups in total. The molecule has 1 atom stereocenters. The summed E-state index contributed by atoms with van der Waals surface area (Å²) in [5.74, 6) is -1.42. The first kappa shape index (κ1) is 33.1. The minimum Gasteiger partial charge on any atom is -0.490 e. The highest BCUT2D eigenvalue weighted by Crippen LogP contribution is 2.47. The summed E-state index contributed by atoms with van der Waals surface area (Å²) in [5, 5.41) is 15.8. The quantitative estimate of drug-likeness (QED) is 0.126. The molecule has 14 heteroatoms. The summed E-state index contributed by atoms with van der Waals surface area (Å²) in [6.07, 6.45) is 2.89. The molecule has 0 unspecified atom stereocenters. The van der Waals surface area contributed by atoms with Crippen LogP contribution in [0, 0.1) is 11.6 Å². The fraction of sp³-hybridized carbons (Fsp3) is 0.324. The number of carbonyl (C=O) groups excluding carboxylic acids is 1. The van der Waals surface area contributed by atoms with Crippen LogP contribution in [0.4, 0.5) is 8.78 Å². The molecule has 1 amide bonds. The molecule has 1 aliphatic rings. The minimum absolute atomic E-state index is 0.0116. The van der Waals surface area contributed by atoms with E-state index in [1.165, 1.54) is 24.5 Å². The van der Waals surface area contributed by atoms with E-state index in [4.69, 9.17) is 24.3 Å². The van der Waals surface area contributed by atoms with E-state index in [9.17, 15) is 9.18 Å². The Bertz CT molecular complexity index is 1980. The highest BCUT2D eigenvalue weighted by atomic mass is 32.1. The fourth-order valence-electron chi connectivity index (χ4n) is 5.63. The number of pyridine rings is 1. The van der Waals surface area contributed by atoms with Crippen LogP contribution in [-0.4, -0.2) is 94.3 Å². The predicted molar refractivity (Wildman–Crippen MR) is 179 cm³/mol. The normalized spacial score (nSPS) is 14.4. The lowest BCUT2D eigenvalue weighted by molar-refractivity contribution is -0.129. The van der Waals surface area contributed by atoms with Crippen molar-refractivity contribution in [3.05, 3.63) is 71.9 Å². The van der Waals surface area contributed by atoms with E-state index in [2.05, 4.69) is 16.8 Å². The number of ether oxygens (including phenoxy) is 3. The molecule has 0 saturated heterocycles. The van der Waals surface area contributed by atoms with Crippen LogP contribution in [-0.2, 0) is 22.6 Å². The highest BCUT2D eigenvalue weighted by Gasteiger charge is 2.30. The molecule has 0 radical (unpaired) electrons. The number of rotatable bonds is 12. The van der Waals surface area contributed by atoms with Crippen molar-refractivity contribution in [1.82, 2.24) is 34.8 Å². The molecule has 5 aromatic rings. The van der Waals surface area contributed by atoms with Gasteiger partial charge in [-0.3, -0.25) is 9.48 Å². The first-order valence-electron chi connectivity index (χ1n) is 15.3. The molecular weight excluding hydrogens is 640 g/mol. The molecule has 5 heterocycles. The predicted octanol–water partition coefficient (Wildman–Crippen LogP) is 5.44. The summed E-state index contributed by atoms with van der Waals surface area (Å²) in [7, 11) is 5.42. The van der Waals surface area contributed by atoms with Crippen molar-refractivity contribution in [1.29, 1.82) is 0 Å². The maximum atomic E-state index is 16.1. The third-order valence-corrected chi connectivity index (χ3v) is 8.91. The van der Waals surface area contributed by atoms with Gasteiger partial charge in [0.2, 0.25) is 11.8 Å². The highest BCUT2D eigenvalue weighted by molar-refractivity contribution is 7.18. The number of carbonyl (C=O) groups is 1. The van der Waals surface area contributed by atoms with Gasteiger partial charge in [0.15, 0.2) is 0 Å². The second kappa shape index (κ2) is 14.1. The van der Waals surface area contributed by atoms with Gasteiger partial charge in [0.1, 0.15) is 42.0 Å². The van der Waals surface area contributed by atoms with Gasteiger partial charge in [-0.1, -0.05) is 6.58 Å². The van der Waals surface area contributed by atoms with Gasteiger partial charge in [0, 0.05) is 59.1 Å². The van der Waals surface area contributed by atoms with Crippen LogP contribution >= 0.6 is 11.3 Å². The average Bonchev–Trinajstić information content (AvgIpc) is 3.71. The van der Waals surface area contributed by atoms with Crippen molar-refractivity contribution >= 4 is 27.3 Å². The molecule has 48 heavy (non-hydrogen) atoms. The van der Waals surface area contributed by atoms with Crippen LogP contribution < -0.4 is 9.47 Å². The second-order valence-electron chi connectivity index (χ2n) is 11.6.